The Morgan fingerprint density at radius 3 is 2.29 bits per heavy atom. The molecule has 0 N–H and O–H groups in total. The summed E-state index contributed by atoms with van der Waals surface area (Å²) in [5.41, 5.74) is 0.971. The van der Waals surface area contributed by atoms with E-state index in [1.165, 1.54) is 0 Å². The van der Waals surface area contributed by atoms with Gasteiger partial charge in [-0.2, -0.15) is 0 Å². The summed E-state index contributed by atoms with van der Waals surface area (Å²) in [4.78, 5) is 22.3. The van der Waals surface area contributed by atoms with Crippen molar-refractivity contribution in [1.29, 1.82) is 0 Å². The van der Waals surface area contributed by atoms with E-state index in [9.17, 15) is 9.59 Å². The SMILES string of the molecule is CCOc1ccc(C2CC(=O)OC(=O)C2)cc1. The number of ether oxygens (including phenoxy) is 2. The second-order valence-corrected chi connectivity index (χ2v) is 3.95. The van der Waals surface area contributed by atoms with E-state index in [1.54, 1.807) is 0 Å². The first-order chi connectivity index (χ1) is 8.19. The van der Waals surface area contributed by atoms with Gasteiger partial charge in [-0.15, -0.1) is 0 Å². The van der Waals surface area contributed by atoms with Gasteiger partial charge in [0, 0.05) is 5.92 Å². The van der Waals surface area contributed by atoms with Crippen molar-refractivity contribution in [3.63, 3.8) is 0 Å². The molecule has 2 rings (SSSR count). The van der Waals surface area contributed by atoms with Gasteiger partial charge in [-0.3, -0.25) is 9.59 Å². The van der Waals surface area contributed by atoms with Crippen LogP contribution in [-0.2, 0) is 14.3 Å². The molecule has 0 atom stereocenters. The van der Waals surface area contributed by atoms with Gasteiger partial charge in [-0.1, -0.05) is 12.1 Å². The summed E-state index contributed by atoms with van der Waals surface area (Å²) in [5.74, 6) is -0.166. The minimum Gasteiger partial charge on any atom is -0.494 e. The lowest BCUT2D eigenvalue weighted by Gasteiger charge is -2.20. The largest absolute Gasteiger partial charge is 0.494 e. The molecule has 0 spiro atoms. The van der Waals surface area contributed by atoms with Crippen LogP contribution >= 0.6 is 0 Å². The van der Waals surface area contributed by atoms with E-state index < -0.39 is 11.9 Å². The van der Waals surface area contributed by atoms with Crippen LogP contribution in [0, 0.1) is 0 Å². The van der Waals surface area contributed by atoms with E-state index in [-0.39, 0.29) is 18.8 Å². The van der Waals surface area contributed by atoms with Crippen LogP contribution in [0.4, 0.5) is 0 Å². The number of hydrogen-bond donors (Lipinski definition) is 0. The van der Waals surface area contributed by atoms with Gasteiger partial charge in [-0.25, -0.2) is 0 Å². The quantitative estimate of drug-likeness (QED) is 0.593. The van der Waals surface area contributed by atoms with Crippen molar-refractivity contribution in [3.05, 3.63) is 29.8 Å². The lowest BCUT2D eigenvalue weighted by Crippen LogP contribution is -2.24. The van der Waals surface area contributed by atoms with Gasteiger partial charge in [0.15, 0.2) is 0 Å². The number of esters is 2. The Kier molecular flexibility index (Phi) is 3.42. The molecule has 0 aromatic heterocycles. The monoisotopic (exact) mass is 234 g/mol. The Morgan fingerprint density at radius 1 is 1.18 bits per heavy atom. The second kappa shape index (κ2) is 4.99. The third kappa shape index (κ3) is 2.84. The molecular weight excluding hydrogens is 220 g/mol. The lowest BCUT2D eigenvalue weighted by molar-refractivity contribution is -0.163. The molecular formula is C13H14O4. The minimum absolute atomic E-state index is 0.0700. The molecule has 1 aliphatic heterocycles. The summed E-state index contributed by atoms with van der Waals surface area (Å²) in [6, 6.07) is 7.48. The average Bonchev–Trinajstić information content (AvgIpc) is 2.29. The van der Waals surface area contributed by atoms with Gasteiger partial charge in [0.25, 0.3) is 0 Å². The molecule has 0 saturated carbocycles. The zero-order valence-electron chi connectivity index (χ0n) is 9.64. The highest BCUT2D eigenvalue weighted by Crippen LogP contribution is 2.29. The molecule has 0 amide bonds. The van der Waals surface area contributed by atoms with Crippen molar-refractivity contribution in [3.8, 4) is 5.75 Å². The normalized spacial score (nSPS) is 16.8. The Morgan fingerprint density at radius 2 is 1.76 bits per heavy atom. The first-order valence-electron chi connectivity index (χ1n) is 5.65. The number of hydrogen-bond acceptors (Lipinski definition) is 4. The number of cyclic esters (lactones) is 2. The fourth-order valence-corrected chi connectivity index (χ4v) is 1.92. The number of carbonyl (C=O) groups excluding carboxylic acids is 2. The zero-order valence-corrected chi connectivity index (χ0v) is 9.64. The molecule has 1 heterocycles. The third-order valence-corrected chi connectivity index (χ3v) is 2.72. The summed E-state index contributed by atoms with van der Waals surface area (Å²) in [7, 11) is 0. The molecule has 0 bridgehead atoms. The van der Waals surface area contributed by atoms with Crippen LogP contribution in [0.3, 0.4) is 0 Å². The van der Waals surface area contributed by atoms with Gasteiger partial charge < -0.3 is 9.47 Å². The van der Waals surface area contributed by atoms with Gasteiger partial charge in [0.05, 0.1) is 19.4 Å². The maximum Gasteiger partial charge on any atom is 0.314 e. The molecule has 0 aliphatic carbocycles. The number of rotatable bonds is 3. The van der Waals surface area contributed by atoms with Crippen molar-refractivity contribution < 1.29 is 19.1 Å². The lowest BCUT2D eigenvalue weighted by atomic mass is 9.91. The zero-order chi connectivity index (χ0) is 12.3. The molecule has 4 heteroatoms. The molecule has 1 fully saturated rings. The number of carbonyl (C=O) groups is 2. The Balaban J connectivity index is 2.11. The molecule has 0 unspecified atom stereocenters. The van der Waals surface area contributed by atoms with Gasteiger partial charge in [-0.05, 0) is 24.6 Å². The van der Waals surface area contributed by atoms with Gasteiger partial charge in [0.1, 0.15) is 5.75 Å². The van der Waals surface area contributed by atoms with Crippen molar-refractivity contribution >= 4 is 11.9 Å². The first-order valence-corrected chi connectivity index (χ1v) is 5.65. The van der Waals surface area contributed by atoms with Crippen LogP contribution < -0.4 is 4.74 Å². The average molecular weight is 234 g/mol. The fourth-order valence-electron chi connectivity index (χ4n) is 1.92. The molecule has 0 radical (unpaired) electrons. The third-order valence-electron chi connectivity index (χ3n) is 2.72. The van der Waals surface area contributed by atoms with Crippen molar-refractivity contribution in [2.45, 2.75) is 25.7 Å². The fraction of sp³-hybridized carbons (Fsp3) is 0.385. The predicted molar refractivity (Wildman–Crippen MR) is 60.7 cm³/mol. The van der Waals surface area contributed by atoms with Crippen LogP contribution in [0.2, 0.25) is 0 Å². The summed E-state index contributed by atoms with van der Waals surface area (Å²) < 4.78 is 9.83. The molecule has 1 aromatic rings. The van der Waals surface area contributed by atoms with Gasteiger partial charge in [0.2, 0.25) is 0 Å². The molecule has 17 heavy (non-hydrogen) atoms. The van der Waals surface area contributed by atoms with Crippen molar-refractivity contribution in [1.82, 2.24) is 0 Å². The van der Waals surface area contributed by atoms with Gasteiger partial charge >= 0.3 is 11.9 Å². The number of benzene rings is 1. The van der Waals surface area contributed by atoms with Crippen LogP contribution in [-0.4, -0.2) is 18.5 Å². The maximum atomic E-state index is 11.2. The van der Waals surface area contributed by atoms with E-state index in [0.717, 1.165) is 11.3 Å². The van der Waals surface area contributed by atoms with Crippen LogP contribution in [0.5, 0.6) is 5.75 Å². The van der Waals surface area contributed by atoms with Crippen LogP contribution in [0.15, 0.2) is 24.3 Å². The van der Waals surface area contributed by atoms with Crippen LogP contribution in [0.1, 0.15) is 31.2 Å². The smallest absolute Gasteiger partial charge is 0.314 e. The van der Waals surface area contributed by atoms with Crippen LogP contribution in [0.25, 0.3) is 0 Å². The second-order valence-electron chi connectivity index (χ2n) is 3.95. The topological polar surface area (TPSA) is 52.6 Å². The van der Waals surface area contributed by atoms with E-state index in [0.29, 0.717) is 6.61 Å². The minimum atomic E-state index is -0.444. The highest BCUT2D eigenvalue weighted by atomic mass is 16.6. The molecule has 90 valence electrons. The first kappa shape index (κ1) is 11.6. The summed E-state index contributed by atoms with van der Waals surface area (Å²) >= 11 is 0. The molecule has 1 aliphatic rings. The molecule has 4 nitrogen and oxygen atoms in total. The predicted octanol–water partition coefficient (Wildman–Crippen LogP) is 2.03. The Labute approximate surface area is 99.5 Å². The van der Waals surface area contributed by atoms with E-state index >= 15 is 0 Å². The summed E-state index contributed by atoms with van der Waals surface area (Å²) in [6.45, 7) is 2.54. The van der Waals surface area contributed by atoms with E-state index in [4.69, 9.17) is 4.74 Å². The van der Waals surface area contributed by atoms with Crippen molar-refractivity contribution in [2.24, 2.45) is 0 Å². The molecule has 1 aromatic carbocycles. The summed E-state index contributed by atoms with van der Waals surface area (Å²) in [5, 5.41) is 0. The highest BCUT2D eigenvalue weighted by molar-refractivity contribution is 5.89. The highest BCUT2D eigenvalue weighted by Gasteiger charge is 2.28. The van der Waals surface area contributed by atoms with E-state index in [1.807, 2.05) is 31.2 Å². The Bertz CT molecular complexity index is 406. The molecule has 1 saturated heterocycles. The maximum absolute atomic E-state index is 11.2. The Hall–Kier alpha value is -1.84. The summed E-state index contributed by atoms with van der Waals surface area (Å²) in [6.07, 6.45) is 0.527. The standard InChI is InChI=1S/C13H14O4/c1-2-16-11-5-3-9(4-6-11)10-7-12(14)17-13(15)8-10/h3-6,10H,2,7-8H2,1H3. The van der Waals surface area contributed by atoms with Crippen molar-refractivity contribution in [2.75, 3.05) is 6.61 Å². The van der Waals surface area contributed by atoms with E-state index in [2.05, 4.69) is 4.74 Å².